The van der Waals surface area contributed by atoms with Gasteiger partial charge in [0.1, 0.15) is 12.4 Å². The Balaban J connectivity index is 1.46. The van der Waals surface area contributed by atoms with Gasteiger partial charge in [-0.2, -0.15) is 0 Å². The smallest absolute Gasteiger partial charge is 0.191 e. The lowest BCUT2D eigenvalue weighted by Crippen LogP contribution is -2.44. The summed E-state index contributed by atoms with van der Waals surface area (Å²) >= 11 is 0. The molecule has 156 valence electrons. The van der Waals surface area contributed by atoms with Crippen LogP contribution in [-0.4, -0.2) is 57.4 Å². The Morgan fingerprint density at radius 1 is 1.28 bits per heavy atom. The van der Waals surface area contributed by atoms with Crippen molar-refractivity contribution < 1.29 is 13.9 Å². The zero-order chi connectivity index (χ0) is 20.5. The second-order valence-electron chi connectivity index (χ2n) is 6.80. The van der Waals surface area contributed by atoms with Crippen molar-refractivity contribution in [3.05, 3.63) is 54.0 Å². The van der Waals surface area contributed by atoms with Crippen molar-refractivity contribution in [2.75, 3.05) is 45.4 Å². The minimum atomic E-state index is -0.287. The first kappa shape index (κ1) is 20.9. The molecule has 0 saturated carbocycles. The van der Waals surface area contributed by atoms with Gasteiger partial charge in [0.25, 0.3) is 0 Å². The number of nitrogens with one attached hydrogen (secondary N) is 2. The number of aliphatic imine (C=N–C) groups is 1. The largest absolute Gasteiger partial charge is 0.491 e. The van der Waals surface area contributed by atoms with Gasteiger partial charge < -0.3 is 25.0 Å². The number of guanidine groups is 1. The Morgan fingerprint density at radius 3 is 2.83 bits per heavy atom. The van der Waals surface area contributed by atoms with Gasteiger partial charge in [-0.3, -0.25) is 4.99 Å². The topological polar surface area (TPSA) is 71.0 Å². The predicted molar refractivity (Wildman–Crippen MR) is 112 cm³/mol. The SMILES string of the molecule is CN=C(NCc1ccc(OCCOC)cc1)NC1CCN(c2ncccc2F)C1. The molecule has 7 nitrogen and oxygen atoms in total. The molecule has 1 unspecified atom stereocenters. The molecule has 2 aromatic rings. The third-order valence-electron chi connectivity index (χ3n) is 4.73. The summed E-state index contributed by atoms with van der Waals surface area (Å²) in [5.74, 6) is 1.66. The molecule has 1 aromatic carbocycles. The van der Waals surface area contributed by atoms with Crippen LogP contribution in [0.2, 0.25) is 0 Å². The molecule has 0 bridgehead atoms. The highest BCUT2D eigenvalue weighted by Gasteiger charge is 2.25. The van der Waals surface area contributed by atoms with Crippen LogP contribution in [0.1, 0.15) is 12.0 Å². The molecule has 1 aliphatic heterocycles. The summed E-state index contributed by atoms with van der Waals surface area (Å²) in [6, 6.07) is 11.1. The number of hydrogen-bond acceptors (Lipinski definition) is 5. The number of rotatable bonds is 8. The second kappa shape index (κ2) is 10.6. The van der Waals surface area contributed by atoms with Crippen LogP contribution in [0.5, 0.6) is 5.75 Å². The van der Waals surface area contributed by atoms with E-state index in [1.807, 2.05) is 29.2 Å². The molecule has 1 atom stereocenters. The van der Waals surface area contributed by atoms with Gasteiger partial charge in [0.05, 0.1) is 6.61 Å². The van der Waals surface area contributed by atoms with Crippen molar-refractivity contribution >= 4 is 11.8 Å². The molecule has 0 amide bonds. The Bertz CT molecular complexity index is 800. The summed E-state index contributed by atoms with van der Waals surface area (Å²) in [6.07, 6.45) is 2.51. The van der Waals surface area contributed by atoms with Gasteiger partial charge in [-0.15, -0.1) is 0 Å². The van der Waals surface area contributed by atoms with Gasteiger partial charge in [0.2, 0.25) is 0 Å². The fraction of sp³-hybridized carbons (Fsp3) is 0.429. The number of aromatic nitrogens is 1. The Labute approximate surface area is 170 Å². The van der Waals surface area contributed by atoms with E-state index >= 15 is 0 Å². The zero-order valence-corrected chi connectivity index (χ0v) is 16.9. The van der Waals surface area contributed by atoms with Crippen molar-refractivity contribution in [2.24, 2.45) is 4.99 Å². The summed E-state index contributed by atoms with van der Waals surface area (Å²) in [5.41, 5.74) is 1.12. The molecule has 0 radical (unpaired) electrons. The van der Waals surface area contributed by atoms with Crippen molar-refractivity contribution in [1.29, 1.82) is 0 Å². The first-order valence-corrected chi connectivity index (χ1v) is 9.73. The monoisotopic (exact) mass is 401 g/mol. The standard InChI is InChI=1S/C21H28FN5O2/c1-23-21(25-14-16-5-7-18(8-6-16)29-13-12-28-2)26-17-9-11-27(15-17)20-19(22)4-3-10-24-20/h3-8,10,17H,9,11-15H2,1-2H3,(H2,23,25,26). The van der Waals surface area contributed by atoms with E-state index in [1.54, 1.807) is 26.4 Å². The van der Waals surface area contributed by atoms with Crippen molar-refractivity contribution in [3.8, 4) is 5.75 Å². The number of ether oxygens (including phenoxy) is 2. The van der Waals surface area contributed by atoms with Gasteiger partial charge in [0.15, 0.2) is 17.6 Å². The molecular weight excluding hydrogens is 373 g/mol. The van der Waals surface area contributed by atoms with Crippen molar-refractivity contribution in [3.63, 3.8) is 0 Å². The van der Waals surface area contributed by atoms with Crippen LogP contribution >= 0.6 is 0 Å². The van der Waals surface area contributed by atoms with Crippen LogP contribution in [0, 0.1) is 5.82 Å². The van der Waals surface area contributed by atoms with Gasteiger partial charge in [-0.25, -0.2) is 9.37 Å². The molecular formula is C21H28FN5O2. The fourth-order valence-electron chi connectivity index (χ4n) is 3.20. The molecule has 3 rings (SSSR count). The number of pyridine rings is 1. The average Bonchev–Trinajstić information content (AvgIpc) is 3.21. The molecule has 1 saturated heterocycles. The van der Waals surface area contributed by atoms with Crippen LogP contribution in [0.25, 0.3) is 0 Å². The normalized spacial score (nSPS) is 16.7. The van der Waals surface area contributed by atoms with E-state index in [2.05, 4.69) is 20.6 Å². The summed E-state index contributed by atoms with van der Waals surface area (Å²) in [5, 5.41) is 6.73. The highest BCUT2D eigenvalue weighted by molar-refractivity contribution is 5.80. The number of halogens is 1. The van der Waals surface area contributed by atoms with Gasteiger partial charge >= 0.3 is 0 Å². The Hall–Kier alpha value is -2.87. The first-order valence-electron chi connectivity index (χ1n) is 9.73. The molecule has 0 spiro atoms. The van der Waals surface area contributed by atoms with E-state index in [-0.39, 0.29) is 11.9 Å². The summed E-state index contributed by atoms with van der Waals surface area (Å²) in [7, 11) is 3.40. The zero-order valence-electron chi connectivity index (χ0n) is 16.9. The van der Waals surface area contributed by atoms with Crippen LogP contribution in [0.3, 0.4) is 0 Å². The highest BCUT2D eigenvalue weighted by atomic mass is 19.1. The maximum atomic E-state index is 13.9. The molecule has 1 aliphatic rings. The molecule has 8 heteroatoms. The Morgan fingerprint density at radius 2 is 2.10 bits per heavy atom. The van der Waals surface area contributed by atoms with Crippen LogP contribution in [0.15, 0.2) is 47.6 Å². The van der Waals surface area contributed by atoms with E-state index in [4.69, 9.17) is 9.47 Å². The first-order chi connectivity index (χ1) is 14.2. The van der Waals surface area contributed by atoms with E-state index in [0.29, 0.717) is 32.1 Å². The molecule has 0 aliphatic carbocycles. The number of nitrogens with zero attached hydrogens (tertiary/aromatic N) is 3. The Kier molecular flexibility index (Phi) is 7.63. The lowest BCUT2D eigenvalue weighted by Gasteiger charge is -2.20. The van der Waals surface area contributed by atoms with Gasteiger partial charge in [-0.1, -0.05) is 12.1 Å². The summed E-state index contributed by atoms with van der Waals surface area (Å²) < 4.78 is 24.5. The van der Waals surface area contributed by atoms with E-state index < -0.39 is 0 Å². The van der Waals surface area contributed by atoms with Gasteiger partial charge in [0, 0.05) is 46.0 Å². The molecule has 2 heterocycles. The van der Waals surface area contributed by atoms with Crippen LogP contribution in [-0.2, 0) is 11.3 Å². The van der Waals surface area contributed by atoms with Crippen molar-refractivity contribution in [2.45, 2.75) is 19.0 Å². The third kappa shape index (κ3) is 6.05. The van der Waals surface area contributed by atoms with E-state index in [1.165, 1.54) is 6.07 Å². The third-order valence-corrected chi connectivity index (χ3v) is 4.73. The highest BCUT2D eigenvalue weighted by Crippen LogP contribution is 2.20. The number of anilines is 1. The maximum Gasteiger partial charge on any atom is 0.191 e. The van der Waals surface area contributed by atoms with Crippen LogP contribution in [0.4, 0.5) is 10.2 Å². The molecule has 1 fully saturated rings. The lowest BCUT2D eigenvalue weighted by molar-refractivity contribution is 0.146. The number of methoxy groups -OCH3 is 1. The van der Waals surface area contributed by atoms with E-state index in [0.717, 1.165) is 30.2 Å². The van der Waals surface area contributed by atoms with Gasteiger partial charge in [-0.05, 0) is 36.2 Å². The van der Waals surface area contributed by atoms with Crippen LogP contribution < -0.4 is 20.3 Å². The fourth-order valence-corrected chi connectivity index (χ4v) is 3.20. The summed E-state index contributed by atoms with van der Waals surface area (Å²) in [4.78, 5) is 10.4. The minimum Gasteiger partial charge on any atom is -0.491 e. The predicted octanol–water partition coefficient (Wildman–Crippen LogP) is 2.19. The molecule has 2 N–H and O–H groups in total. The maximum absolute atomic E-state index is 13.9. The number of benzene rings is 1. The summed E-state index contributed by atoms with van der Waals surface area (Å²) in [6.45, 7) is 3.18. The van der Waals surface area contributed by atoms with Crippen molar-refractivity contribution in [1.82, 2.24) is 15.6 Å². The quantitative estimate of drug-likeness (QED) is 0.401. The molecule has 29 heavy (non-hydrogen) atoms. The number of hydrogen-bond donors (Lipinski definition) is 2. The van der Waals surface area contributed by atoms with E-state index in [9.17, 15) is 4.39 Å². The minimum absolute atomic E-state index is 0.180. The lowest BCUT2D eigenvalue weighted by atomic mass is 10.2. The second-order valence-corrected chi connectivity index (χ2v) is 6.80. The molecule has 1 aromatic heterocycles. The average molecular weight is 401 g/mol.